The number of amides is 1. The van der Waals surface area contributed by atoms with Crippen LogP contribution in [0.1, 0.15) is 17.7 Å². The smallest absolute Gasteiger partial charge is 0.237 e. The number of aryl methyl sites for hydroxylation is 1. The van der Waals surface area contributed by atoms with Crippen molar-refractivity contribution >= 4 is 17.5 Å². The maximum Gasteiger partial charge on any atom is 0.237 e. The Morgan fingerprint density at radius 1 is 1.64 bits per heavy atom. The van der Waals surface area contributed by atoms with Crippen LogP contribution in [0.5, 0.6) is 0 Å². The second-order valence-corrected chi connectivity index (χ2v) is 3.69. The SMILES string of the molecule is O=C(CCl)N1CCCc2occc2C1. The molecule has 0 aliphatic carbocycles. The van der Waals surface area contributed by atoms with Crippen LogP contribution in [0, 0.1) is 0 Å². The van der Waals surface area contributed by atoms with Crippen molar-refractivity contribution in [3.63, 3.8) is 0 Å². The Bertz CT molecular complexity index is 335. The molecule has 1 aliphatic rings. The minimum Gasteiger partial charge on any atom is -0.469 e. The van der Waals surface area contributed by atoms with E-state index in [0.29, 0.717) is 6.54 Å². The molecule has 2 rings (SSSR count). The van der Waals surface area contributed by atoms with Crippen LogP contribution in [-0.4, -0.2) is 23.2 Å². The van der Waals surface area contributed by atoms with Crippen LogP contribution < -0.4 is 0 Å². The van der Waals surface area contributed by atoms with E-state index in [1.165, 1.54) is 0 Å². The van der Waals surface area contributed by atoms with Gasteiger partial charge in [0.15, 0.2) is 0 Å². The first-order valence-corrected chi connectivity index (χ1v) is 5.23. The van der Waals surface area contributed by atoms with Crippen molar-refractivity contribution in [2.24, 2.45) is 0 Å². The lowest BCUT2D eigenvalue weighted by Crippen LogP contribution is -2.31. The van der Waals surface area contributed by atoms with Gasteiger partial charge >= 0.3 is 0 Å². The summed E-state index contributed by atoms with van der Waals surface area (Å²) in [5, 5.41) is 0. The van der Waals surface area contributed by atoms with Crippen molar-refractivity contribution in [3.05, 3.63) is 23.7 Å². The second-order valence-electron chi connectivity index (χ2n) is 3.42. The monoisotopic (exact) mass is 213 g/mol. The van der Waals surface area contributed by atoms with Gasteiger partial charge in [0.2, 0.25) is 5.91 Å². The average Bonchev–Trinajstić information content (AvgIpc) is 2.54. The molecule has 14 heavy (non-hydrogen) atoms. The van der Waals surface area contributed by atoms with Crippen LogP contribution in [-0.2, 0) is 17.8 Å². The van der Waals surface area contributed by atoms with Crippen LogP contribution in [0.4, 0.5) is 0 Å². The second kappa shape index (κ2) is 4.05. The number of alkyl halides is 1. The Hall–Kier alpha value is -0.960. The number of hydrogen-bond donors (Lipinski definition) is 0. The Kier molecular flexibility index (Phi) is 2.77. The number of carbonyl (C=O) groups excluding carboxylic acids is 1. The fourth-order valence-corrected chi connectivity index (χ4v) is 1.91. The first kappa shape index (κ1) is 9.59. The fraction of sp³-hybridized carbons (Fsp3) is 0.500. The quantitative estimate of drug-likeness (QED) is 0.667. The van der Waals surface area contributed by atoms with E-state index in [0.717, 1.165) is 30.7 Å². The molecule has 1 amide bonds. The van der Waals surface area contributed by atoms with Crippen LogP contribution in [0.2, 0.25) is 0 Å². The van der Waals surface area contributed by atoms with E-state index in [1.807, 2.05) is 6.07 Å². The van der Waals surface area contributed by atoms with Crippen molar-refractivity contribution in [2.75, 3.05) is 12.4 Å². The Balaban J connectivity index is 2.15. The number of halogens is 1. The highest BCUT2D eigenvalue weighted by Crippen LogP contribution is 2.19. The summed E-state index contributed by atoms with van der Waals surface area (Å²) in [5.74, 6) is 1.07. The lowest BCUT2D eigenvalue weighted by Gasteiger charge is -2.18. The molecule has 0 N–H and O–H groups in total. The molecule has 0 bridgehead atoms. The molecule has 1 aromatic heterocycles. The Morgan fingerprint density at radius 2 is 2.50 bits per heavy atom. The summed E-state index contributed by atoms with van der Waals surface area (Å²) in [4.78, 5) is 13.2. The summed E-state index contributed by atoms with van der Waals surface area (Å²) in [5.41, 5.74) is 1.11. The first-order chi connectivity index (χ1) is 6.81. The van der Waals surface area contributed by atoms with Gasteiger partial charge in [-0.3, -0.25) is 4.79 Å². The molecule has 4 heteroatoms. The third kappa shape index (κ3) is 1.77. The molecule has 2 heterocycles. The fourth-order valence-electron chi connectivity index (χ4n) is 1.74. The molecule has 3 nitrogen and oxygen atoms in total. The largest absolute Gasteiger partial charge is 0.469 e. The van der Waals surface area contributed by atoms with Gasteiger partial charge in [0.25, 0.3) is 0 Å². The topological polar surface area (TPSA) is 33.5 Å². The van der Waals surface area contributed by atoms with Crippen molar-refractivity contribution in [2.45, 2.75) is 19.4 Å². The van der Waals surface area contributed by atoms with Crippen molar-refractivity contribution in [3.8, 4) is 0 Å². The molecule has 0 unspecified atom stereocenters. The molecule has 76 valence electrons. The van der Waals surface area contributed by atoms with Crippen molar-refractivity contribution < 1.29 is 9.21 Å². The minimum atomic E-state index is 0.000664. The molecular weight excluding hydrogens is 202 g/mol. The molecule has 0 saturated heterocycles. The summed E-state index contributed by atoms with van der Waals surface area (Å²) in [6, 6.07) is 1.93. The molecule has 0 aromatic carbocycles. The summed E-state index contributed by atoms with van der Waals surface area (Å²) < 4.78 is 5.33. The molecular formula is C10H12ClNO2. The minimum absolute atomic E-state index is 0.000664. The Morgan fingerprint density at radius 3 is 3.29 bits per heavy atom. The molecule has 0 fully saturated rings. The lowest BCUT2D eigenvalue weighted by atomic mass is 10.2. The van der Waals surface area contributed by atoms with E-state index in [4.69, 9.17) is 16.0 Å². The predicted molar refractivity (Wildman–Crippen MR) is 53.2 cm³/mol. The normalized spacial score (nSPS) is 16.2. The van der Waals surface area contributed by atoms with E-state index in [1.54, 1.807) is 11.2 Å². The van der Waals surface area contributed by atoms with E-state index in [9.17, 15) is 4.79 Å². The summed E-state index contributed by atoms with van der Waals surface area (Å²) in [6.45, 7) is 1.41. The van der Waals surface area contributed by atoms with Gasteiger partial charge in [-0.05, 0) is 12.5 Å². The van der Waals surface area contributed by atoms with Crippen molar-refractivity contribution in [1.29, 1.82) is 0 Å². The summed E-state index contributed by atoms with van der Waals surface area (Å²) in [7, 11) is 0. The highest BCUT2D eigenvalue weighted by atomic mass is 35.5. The lowest BCUT2D eigenvalue weighted by molar-refractivity contribution is -0.129. The van der Waals surface area contributed by atoms with Gasteiger partial charge < -0.3 is 9.32 Å². The van der Waals surface area contributed by atoms with E-state index in [-0.39, 0.29) is 11.8 Å². The number of rotatable bonds is 1. The molecule has 0 spiro atoms. The van der Waals surface area contributed by atoms with Crippen molar-refractivity contribution in [1.82, 2.24) is 4.90 Å². The third-order valence-corrected chi connectivity index (χ3v) is 2.73. The number of fused-ring (bicyclic) bond motifs is 1. The van der Waals surface area contributed by atoms with Crippen LogP contribution >= 0.6 is 11.6 Å². The zero-order valence-corrected chi connectivity index (χ0v) is 8.59. The summed E-state index contributed by atoms with van der Waals surface area (Å²) >= 11 is 5.52. The molecule has 1 aromatic rings. The highest BCUT2D eigenvalue weighted by Gasteiger charge is 2.19. The Labute approximate surface area is 87.6 Å². The number of furan rings is 1. The zero-order valence-electron chi connectivity index (χ0n) is 7.83. The van der Waals surface area contributed by atoms with Gasteiger partial charge in [-0.1, -0.05) is 0 Å². The first-order valence-electron chi connectivity index (χ1n) is 4.70. The number of nitrogens with zero attached hydrogens (tertiary/aromatic N) is 1. The van der Waals surface area contributed by atoms with E-state index < -0.39 is 0 Å². The van der Waals surface area contributed by atoms with Gasteiger partial charge in [0, 0.05) is 25.1 Å². The summed E-state index contributed by atoms with van der Waals surface area (Å²) in [6.07, 6.45) is 3.54. The maximum atomic E-state index is 11.4. The number of hydrogen-bond acceptors (Lipinski definition) is 2. The number of carbonyl (C=O) groups is 1. The van der Waals surface area contributed by atoms with Gasteiger partial charge in [-0.25, -0.2) is 0 Å². The van der Waals surface area contributed by atoms with E-state index in [2.05, 4.69) is 0 Å². The van der Waals surface area contributed by atoms with Gasteiger partial charge in [0.05, 0.1) is 6.26 Å². The molecule has 0 saturated carbocycles. The average molecular weight is 214 g/mol. The van der Waals surface area contributed by atoms with Crippen LogP contribution in [0.15, 0.2) is 16.7 Å². The van der Waals surface area contributed by atoms with Gasteiger partial charge in [0.1, 0.15) is 11.6 Å². The zero-order chi connectivity index (χ0) is 9.97. The van der Waals surface area contributed by atoms with Gasteiger partial charge in [-0.15, -0.1) is 11.6 Å². The molecule has 1 aliphatic heterocycles. The van der Waals surface area contributed by atoms with E-state index >= 15 is 0 Å². The van der Waals surface area contributed by atoms with Gasteiger partial charge in [-0.2, -0.15) is 0 Å². The van der Waals surface area contributed by atoms with Crippen LogP contribution in [0.3, 0.4) is 0 Å². The molecule has 0 atom stereocenters. The highest BCUT2D eigenvalue weighted by molar-refractivity contribution is 6.27. The standard InChI is InChI=1S/C10H12ClNO2/c11-6-10(13)12-4-1-2-9-8(7-12)3-5-14-9/h3,5H,1-2,4,6-7H2. The van der Waals surface area contributed by atoms with Crippen LogP contribution in [0.25, 0.3) is 0 Å². The molecule has 0 radical (unpaired) electrons. The maximum absolute atomic E-state index is 11.4. The predicted octanol–water partition coefficient (Wildman–Crippen LogP) is 1.79. The third-order valence-electron chi connectivity index (χ3n) is 2.50.